The van der Waals surface area contributed by atoms with Gasteiger partial charge < -0.3 is 5.43 Å². The summed E-state index contributed by atoms with van der Waals surface area (Å²) in [5, 5.41) is 2.08. The lowest BCUT2D eigenvalue weighted by molar-refractivity contribution is 0.261. The summed E-state index contributed by atoms with van der Waals surface area (Å²) < 4.78 is 0. The van der Waals surface area contributed by atoms with E-state index in [0.29, 0.717) is 6.04 Å². The van der Waals surface area contributed by atoms with Gasteiger partial charge in [0, 0.05) is 19.3 Å². The van der Waals surface area contributed by atoms with Gasteiger partial charge in [0.2, 0.25) is 0 Å². The van der Waals surface area contributed by atoms with Gasteiger partial charge in [-0.2, -0.15) is 0 Å². The minimum absolute atomic E-state index is 0.565. The van der Waals surface area contributed by atoms with E-state index >= 15 is 0 Å². The lowest BCUT2D eigenvalue weighted by Crippen LogP contribution is -2.31. The number of nitrogens with one attached hydrogen (secondary N) is 1. The van der Waals surface area contributed by atoms with Crippen molar-refractivity contribution in [3.8, 4) is 0 Å². The molecule has 0 aromatic heterocycles. The van der Waals surface area contributed by atoms with Crippen molar-refractivity contribution in [1.29, 1.82) is 0 Å². The van der Waals surface area contributed by atoms with Crippen molar-refractivity contribution in [3.05, 3.63) is 11.8 Å². The first-order chi connectivity index (χ1) is 3.72. The summed E-state index contributed by atoms with van der Waals surface area (Å²) in [6.45, 7) is 4.30. The lowest BCUT2D eigenvalue weighted by atomic mass is 10.2. The standard InChI is InChI=1S/C6H12N2/c1-5-4-7-8(3)6(5)2/h4,6-7H,1-3H3. The number of hydrazine groups is 1. The van der Waals surface area contributed by atoms with E-state index < -0.39 is 0 Å². The Kier molecular flexibility index (Phi) is 1.26. The third-order valence-electron chi connectivity index (χ3n) is 1.74. The zero-order chi connectivity index (χ0) is 6.15. The Labute approximate surface area is 50.1 Å². The molecule has 0 bridgehead atoms. The predicted molar refractivity (Wildman–Crippen MR) is 34.1 cm³/mol. The van der Waals surface area contributed by atoms with Crippen LogP contribution in [0.15, 0.2) is 11.8 Å². The van der Waals surface area contributed by atoms with Crippen molar-refractivity contribution in [2.24, 2.45) is 0 Å². The molecule has 0 amide bonds. The van der Waals surface area contributed by atoms with Crippen LogP contribution in [0.2, 0.25) is 0 Å². The van der Waals surface area contributed by atoms with Gasteiger partial charge in [-0.05, 0) is 19.4 Å². The van der Waals surface area contributed by atoms with E-state index in [1.54, 1.807) is 0 Å². The van der Waals surface area contributed by atoms with Crippen LogP contribution in [0, 0.1) is 0 Å². The molecule has 0 aromatic carbocycles. The molecular formula is C6H12N2. The zero-order valence-electron chi connectivity index (χ0n) is 5.60. The first kappa shape index (κ1) is 5.63. The SMILES string of the molecule is CC1=CNN(C)C1C. The number of likely N-dealkylation sites (N-methyl/N-ethyl adjacent to an activating group) is 1. The van der Waals surface area contributed by atoms with Crippen LogP contribution in [-0.4, -0.2) is 18.1 Å². The molecule has 0 aliphatic carbocycles. The van der Waals surface area contributed by atoms with E-state index in [2.05, 4.69) is 24.3 Å². The molecule has 2 heteroatoms. The van der Waals surface area contributed by atoms with E-state index in [1.807, 2.05) is 13.2 Å². The fourth-order valence-corrected chi connectivity index (χ4v) is 0.741. The average molecular weight is 112 g/mol. The highest BCUT2D eigenvalue weighted by atomic mass is 15.5. The molecule has 1 rings (SSSR count). The zero-order valence-corrected chi connectivity index (χ0v) is 5.60. The third-order valence-corrected chi connectivity index (χ3v) is 1.74. The number of nitrogens with zero attached hydrogens (tertiary/aromatic N) is 1. The molecule has 1 N–H and O–H groups in total. The molecule has 0 aromatic rings. The minimum Gasteiger partial charge on any atom is -0.326 e. The van der Waals surface area contributed by atoms with Crippen LogP contribution >= 0.6 is 0 Å². The van der Waals surface area contributed by atoms with E-state index in [9.17, 15) is 0 Å². The summed E-state index contributed by atoms with van der Waals surface area (Å²) >= 11 is 0. The molecule has 1 unspecified atom stereocenters. The monoisotopic (exact) mass is 112 g/mol. The summed E-state index contributed by atoms with van der Waals surface area (Å²) in [7, 11) is 2.04. The molecule has 1 aliphatic rings. The fourth-order valence-electron chi connectivity index (χ4n) is 0.741. The van der Waals surface area contributed by atoms with E-state index in [4.69, 9.17) is 0 Å². The van der Waals surface area contributed by atoms with Crippen LogP contribution in [0.5, 0.6) is 0 Å². The summed E-state index contributed by atoms with van der Waals surface area (Å²) in [4.78, 5) is 0. The molecule has 0 fully saturated rings. The van der Waals surface area contributed by atoms with Gasteiger partial charge in [-0.15, -0.1) is 0 Å². The molecule has 1 heterocycles. The first-order valence-corrected chi connectivity index (χ1v) is 2.87. The molecule has 1 aliphatic heterocycles. The second kappa shape index (κ2) is 1.78. The van der Waals surface area contributed by atoms with Gasteiger partial charge in [0.1, 0.15) is 0 Å². The predicted octanol–water partition coefficient (Wildman–Crippen LogP) is 0.729. The lowest BCUT2D eigenvalue weighted by Gasteiger charge is -2.15. The van der Waals surface area contributed by atoms with Crippen LogP contribution < -0.4 is 5.43 Å². The van der Waals surface area contributed by atoms with Crippen molar-refractivity contribution in [2.45, 2.75) is 19.9 Å². The molecule has 0 saturated heterocycles. The average Bonchev–Trinajstić information content (AvgIpc) is 1.98. The van der Waals surface area contributed by atoms with Crippen LogP contribution in [0.4, 0.5) is 0 Å². The van der Waals surface area contributed by atoms with Crippen LogP contribution in [-0.2, 0) is 0 Å². The Morgan fingerprint density at radius 2 is 2.38 bits per heavy atom. The van der Waals surface area contributed by atoms with Gasteiger partial charge in [-0.1, -0.05) is 0 Å². The Morgan fingerprint density at radius 1 is 1.75 bits per heavy atom. The molecule has 2 nitrogen and oxygen atoms in total. The molecule has 46 valence electrons. The normalized spacial score (nSPS) is 29.9. The molecule has 0 saturated carbocycles. The quantitative estimate of drug-likeness (QED) is 0.497. The van der Waals surface area contributed by atoms with Crippen molar-refractivity contribution in [1.82, 2.24) is 10.4 Å². The van der Waals surface area contributed by atoms with E-state index in [1.165, 1.54) is 5.57 Å². The van der Waals surface area contributed by atoms with Crippen LogP contribution in [0.1, 0.15) is 13.8 Å². The fraction of sp³-hybridized carbons (Fsp3) is 0.667. The van der Waals surface area contributed by atoms with Crippen LogP contribution in [0.25, 0.3) is 0 Å². The van der Waals surface area contributed by atoms with Gasteiger partial charge in [0.15, 0.2) is 0 Å². The molecule has 0 spiro atoms. The highest BCUT2D eigenvalue weighted by molar-refractivity contribution is 5.09. The third kappa shape index (κ3) is 0.713. The van der Waals surface area contributed by atoms with Gasteiger partial charge in [-0.25, -0.2) is 5.01 Å². The Balaban J connectivity index is 2.59. The topological polar surface area (TPSA) is 15.3 Å². The molecule has 0 radical (unpaired) electrons. The second-order valence-corrected chi connectivity index (χ2v) is 2.30. The van der Waals surface area contributed by atoms with Crippen molar-refractivity contribution < 1.29 is 0 Å². The highest BCUT2D eigenvalue weighted by Crippen LogP contribution is 2.09. The van der Waals surface area contributed by atoms with Gasteiger partial charge in [-0.3, -0.25) is 0 Å². The smallest absolute Gasteiger partial charge is 0.0483 e. The van der Waals surface area contributed by atoms with E-state index in [-0.39, 0.29) is 0 Å². The van der Waals surface area contributed by atoms with Crippen molar-refractivity contribution in [3.63, 3.8) is 0 Å². The van der Waals surface area contributed by atoms with Gasteiger partial charge in [0.05, 0.1) is 0 Å². The van der Waals surface area contributed by atoms with Crippen molar-refractivity contribution >= 4 is 0 Å². The Hall–Kier alpha value is -0.500. The van der Waals surface area contributed by atoms with Crippen molar-refractivity contribution in [2.75, 3.05) is 7.05 Å². The first-order valence-electron chi connectivity index (χ1n) is 2.87. The number of rotatable bonds is 0. The van der Waals surface area contributed by atoms with E-state index in [0.717, 1.165) is 0 Å². The maximum atomic E-state index is 3.09. The largest absolute Gasteiger partial charge is 0.326 e. The maximum absolute atomic E-state index is 3.09. The molecule has 1 atom stereocenters. The molecular weight excluding hydrogens is 100 g/mol. The number of hydrogen-bond acceptors (Lipinski definition) is 2. The summed E-state index contributed by atoms with van der Waals surface area (Å²) in [6, 6.07) is 0.565. The summed E-state index contributed by atoms with van der Waals surface area (Å²) in [6.07, 6.45) is 2.03. The number of hydrogen-bond donors (Lipinski definition) is 1. The Morgan fingerprint density at radius 3 is 2.50 bits per heavy atom. The van der Waals surface area contributed by atoms with Gasteiger partial charge in [0.25, 0.3) is 0 Å². The summed E-state index contributed by atoms with van der Waals surface area (Å²) in [5.74, 6) is 0. The Bertz CT molecular complexity index is 118. The van der Waals surface area contributed by atoms with Gasteiger partial charge >= 0.3 is 0 Å². The van der Waals surface area contributed by atoms with Crippen LogP contribution in [0.3, 0.4) is 0 Å². The summed E-state index contributed by atoms with van der Waals surface area (Å²) in [5.41, 5.74) is 4.49. The minimum atomic E-state index is 0.565. The second-order valence-electron chi connectivity index (χ2n) is 2.30. The molecule has 8 heavy (non-hydrogen) atoms. The highest BCUT2D eigenvalue weighted by Gasteiger charge is 2.14. The maximum Gasteiger partial charge on any atom is 0.0483 e.